The Hall–Kier alpha value is -0.900. The highest BCUT2D eigenvalue weighted by Crippen LogP contribution is 2.09. The Morgan fingerprint density at radius 1 is 1.46 bits per heavy atom. The molecule has 1 aromatic rings. The predicted octanol–water partition coefficient (Wildman–Crippen LogP) is 1.33. The van der Waals surface area contributed by atoms with E-state index in [1.165, 1.54) is 0 Å². The van der Waals surface area contributed by atoms with E-state index in [0.29, 0.717) is 24.1 Å². The second-order valence-electron chi connectivity index (χ2n) is 3.72. The highest BCUT2D eigenvalue weighted by molar-refractivity contribution is 4.85. The van der Waals surface area contributed by atoms with Crippen LogP contribution in [0.1, 0.15) is 32.0 Å². The van der Waals surface area contributed by atoms with Gasteiger partial charge in [0.2, 0.25) is 5.89 Å². The van der Waals surface area contributed by atoms with Gasteiger partial charge in [-0.1, -0.05) is 19.0 Å². The molecule has 0 bridgehead atoms. The summed E-state index contributed by atoms with van der Waals surface area (Å²) in [7, 11) is 0. The first kappa shape index (κ1) is 10.2. The van der Waals surface area contributed by atoms with Crippen LogP contribution in [-0.2, 0) is 6.42 Å². The average Bonchev–Trinajstić information content (AvgIpc) is 2.33. The third-order valence-corrected chi connectivity index (χ3v) is 1.72. The molecule has 0 amide bonds. The van der Waals surface area contributed by atoms with Crippen molar-refractivity contribution in [3.8, 4) is 0 Å². The van der Waals surface area contributed by atoms with E-state index in [4.69, 9.17) is 4.52 Å². The van der Waals surface area contributed by atoms with Crippen molar-refractivity contribution in [2.45, 2.75) is 39.7 Å². The van der Waals surface area contributed by atoms with Crippen molar-refractivity contribution < 1.29 is 9.63 Å². The lowest BCUT2D eigenvalue weighted by Gasteiger charge is -2.09. The SMILES string of the molecule is Cc1noc(CC(O)CC(C)C)n1. The van der Waals surface area contributed by atoms with E-state index in [0.717, 1.165) is 6.42 Å². The molecule has 4 nitrogen and oxygen atoms in total. The minimum Gasteiger partial charge on any atom is -0.393 e. The molecule has 0 fully saturated rings. The van der Waals surface area contributed by atoms with Crippen LogP contribution in [0.25, 0.3) is 0 Å². The van der Waals surface area contributed by atoms with Gasteiger partial charge in [0.05, 0.1) is 12.5 Å². The highest BCUT2D eigenvalue weighted by atomic mass is 16.5. The molecule has 1 unspecified atom stereocenters. The third-order valence-electron chi connectivity index (χ3n) is 1.72. The van der Waals surface area contributed by atoms with Crippen molar-refractivity contribution in [3.05, 3.63) is 11.7 Å². The van der Waals surface area contributed by atoms with Crippen molar-refractivity contribution >= 4 is 0 Å². The van der Waals surface area contributed by atoms with Crippen LogP contribution in [0.3, 0.4) is 0 Å². The topological polar surface area (TPSA) is 59.2 Å². The van der Waals surface area contributed by atoms with Gasteiger partial charge in [-0.15, -0.1) is 0 Å². The first-order chi connectivity index (χ1) is 6.08. The second-order valence-corrected chi connectivity index (χ2v) is 3.72. The molecule has 0 saturated heterocycles. The van der Waals surface area contributed by atoms with Crippen LogP contribution in [0.2, 0.25) is 0 Å². The zero-order valence-corrected chi connectivity index (χ0v) is 8.32. The van der Waals surface area contributed by atoms with E-state index in [1.807, 2.05) is 0 Å². The zero-order valence-electron chi connectivity index (χ0n) is 8.32. The fourth-order valence-corrected chi connectivity index (χ4v) is 1.25. The van der Waals surface area contributed by atoms with E-state index in [9.17, 15) is 5.11 Å². The standard InChI is InChI=1S/C9H16N2O2/c1-6(2)4-8(12)5-9-10-7(3)11-13-9/h6,8,12H,4-5H2,1-3H3. The molecule has 1 rings (SSSR count). The van der Waals surface area contributed by atoms with E-state index >= 15 is 0 Å². The Labute approximate surface area is 78.0 Å². The van der Waals surface area contributed by atoms with E-state index < -0.39 is 0 Å². The number of aliphatic hydroxyl groups excluding tert-OH is 1. The van der Waals surface area contributed by atoms with Gasteiger partial charge in [0.25, 0.3) is 0 Å². The van der Waals surface area contributed by atoms with Gasteiger partial charge >= 0.3 is 0 Å². The summed E-state index contributed by atoms with van der Waals surface area (Å²) in [5.41, 5.74) is 0. The van der Waals surface area contributed by atoms with Gasteiger partial charge in [0.1, 0.15) is 0 Å². The predicted molar refractivity (Wildman–Crippen MR) is 48.2 cm³/mol. The lowest BCUT2D eigenvalue weighted by Crippen LogP contribution is -2.13. The summed E-state index contributed by atoms with van der Waals surface area (Å²) in [6.45, 7) is 5.91. The Morgan fingerprint density at radius 2 is 2.15 bits per heavy atom. The van der Waals surface area contributed by atoms with Crippen LogP contribution < -0.4 is 0 Å². The van der Waals surface area contributed by atoms with E-state index in [1.54, 1.807) is 6.92 Å². The molecule has 1 heterocycles. The van der Waals surface area contributed by atoms with Crippen LogP contribution in [-0.4, -0.2) is 21.4 Å². The Balaban J connectivity index is 2.40. The van der Waals surface area contributed by atoms with Crippen molar-refractivity contribution in [2.75, 3.05) is 0 Å². The monoisotopic (exact) mass is 184 g/mol. The lowest BCUT2D eigenvalue weighted by atomic mass is 10.0. The summed E-state index contributed by atoms with van der Waals surface area (Å²) >= 11 is 0. The first-order valence-electron chi connectivity index (χ1n) is 4.55. The first-order valence-corrected chi connectivity index (χ1v) is 4.55. The summed E-state index contributed by atoms with van der Waals surface area (Å²) in [4.78, 5) is 4.02. The van der Waals surface area contributed by atoms with Crippen LogP contribution in [0.15, 0.2) is 4.52 Å². The van der Waals surface area contributed by atoms with Gasteiger partial charge in [-0.3, -0.25) is 0 Å². The molecule has 1 aromatic heterocycles. The molecule has 13 heavy (non-hydrogen) atoms. The van der Waals surface area contributed by atoms with Crippen LogP contribution in [0.4, 0.5) is 0 Å². The summed E-state index contributed by atoms with van der Waals surface area (Å²) in [5, 5.41) is 13.2. The minimum absolute atomic E-state index is 0.375. The van der Waals surface area contributed by atoms with Crippen molar-refractivity contribution in [1.82, 2.24) is 10.1 Å². The smallest absolute Gasteiger partial charge is 0.229 e. The molecule has 0 aliphatic carbocycles. The summed E-state index contributed by atoms with van der Waals surface area (Å²) in [6, 6.07) is 0. The maximum absolute atomic E-state index is 9.55. The summed E-state index contributed by atoms with van der Waals surface area (Å²) in [5.74, 6) is 1.62. The molecule has 0 spiro atoms. The molecule has 0 aromatic carbocycles. The van der Waals surface area contributed by atoms with E-state index in [2.05, 4.69) is 24.0 Å². The van der Waals surface area contributed by atoms with Crippen LogP contribution in [0.5, 0.6) is 0 Å². The summed E-state index contributed by atoms with van der Waals surface area (Å²) < 4.78 is 4.90. The third kappa shape index (κ3) is 3.55. The fraction of sp³-hybridized carbons (Fsp3) is 0.778. The molecule has 0 radical (unpaired) electrons. The van der Waals surface area contributed by atoms with Crippen molar-refractivity contribution in [2.24, 2.45) is 5.92 Å². The zero-order chi connectivity index (χ0) is 9.84. The van der Waals surface area contributed by atoms with Crippen LogP contribution in [0, 0.1) is 12.8 Å². The maximum atomic E-state index is 9.55. The van der Waals surface area contributed by atoms with Gasteiger partial charge in [-0.25, -0.2) is 0 Å². The number of rotatable bonds is 4. The van der Waals surface area contributed by atoms with Gasteiger partial charge in [-0.05, 0) is 19.3 Å². The summed E-state index contributed by atoms with van der Waals surface area (Å²) in [6.07, 6.45) is 0.848. The lowest BCUT2D eigenvalue weighted by molar-refractivity contribution is 0.138. The normalized spacial score (nSPS) is 13.6. The van der Waals surface area contributed by atoms with Crippen molar-refractivity contribution in [3.63, 3.8) is 0 Å². The molecule has 1 N–H and O–H groups in total. The number of hydrogen-bond donors (Lipinski definition) is 1. The average molecular weight is 184 g/mol. The number of aliphatic hydroxyl groups is 1. The van der Waals surface area contributed by atoms with Gasteiger partial charge in [0.15, 0.2) is 5.82 Å². The number of hydrogen-bond acceptors (Lipinski definition) is 4. The number of aryl methyl sites for hydroxylation is 1. The van der Waals surface area contributed by atoms with E-state index in [-0.39, 0.29) is 6.10 Å². The van der Waals surface area contributed by atoms with Crippen LogP contribution >= 0.6 is 0 Å². The van der Waals surface area contributed by atoms with Gasteiger partial charge in [-0.2, -0.15) is 4.98 Å². The van der Waals surface area contributed by atoms with Gasteiger partial charge in [0, 0.05) is 0 Å². The Bertz CT molecular complexity index is 258. The quantitative estimate of drug-likeness (QED) is 0.766. The Kier molecular flexibility index (Phi) is 3.42. The molecule has 0 aliphatic heterocycles. The molecule has 0 saturated carbocycles. The highest BCUT2D eigenvalue weighted by Gasteiger charge is 2.12. The molecule has 1 atom stereocenters. The number of nitrogens with zero attached hydrogens (tertiary/aromatic N) is 2. The second kappa shape index (κ2) is 4.37. The largest absolute Gasteiger partial charge is 0.393 e. The molecular weight excluding hydrogens is 168 g/mol. The van der Waals surface area contributed by atoms with Crippen molar-refractivity contribution in [1.29, 1.82) is 0 Å². The van der Waals surface area contributed by atoms with Gasteiger partial charge < -0.3 is 9.63 Å². The fourth-order valence-electron chi connectivity index (χ4n) is 1.25. The maximum Gasteiger partial charge on any atom is 0.229 e. The molecule has 4 heteroatoms. The Morgan fingerprint density at radius 3 is 2.62 bits per heavy atom. The number of aromatic nitrogens is 2. The molecule has 74 valence electrons. The molecular formula is C9H16N2O2. The molecule has 0 aliphatic rings. The minimum atomic E-state index is -0.375.